The summed E-state index contributed by atoms with van der Waals surface area (Å²) in [6, 6.07) is 0.287. The second kappa shape index (κ2) is 6.62. The number of rotatable bonds is 7. The SMILES string of the molecule is CCn1ccnc1CC(CCN(C)C)NN. The summed E-state index contributed by atoms with van der Waals surface area (Å²) in [6.45, 7) is 4.11. The average molecular weight is 225 g/mol. The zero-order valence-electron chi connectivity index (χ0n) is 10.5. The van der Waals surface area contributed by atoms with E-state index in [1.807, 2.05) is 12.4 Å². The molecule has 0 bridgehead atoms. The molecule has 1 unspecified atom stereocenters. The Balaban J connectivity index is 2.49. The molecule has 0 amide bonds. The number of aromatic nitrogens is 2. The van der Waals surface area contributed by atoms with Crippen molar-refractivity contribution in [3.63, 3.8) is 0 Å². The van der Waals surface area contributed by atoms with Crippen LogP contribution in [0.2, 0.25) is 0 Å². The first-order valence-corrected chi connectivity index (χ1v) is 5.78. The van der Waals surface area contributed by atoms with Gasteiger partial charge in [0.25, 0.3) is 0 Å². The van der Waals surface area contributed by atoms with Gasteiger partial charge in [0.1, 0.15) is 5.82 Å². The van der Waals surface area contributed by atoms with Gasteiger partial charge in [-0.15, -0.1) is 0 Å². The minimum atomic E-state index is 0.287. The molecule has 1 heterocycles. The molecule has 0 aliphatic heterocycles. The summed E-state index contributed by atoms with van der Waals surface area (Å²) in [5.41, 5.74) is 2.87. The van der Waals surface area contributed by atoms with Crippen molar-refractivity contribution in [1.29, 1.82) is 0 Å². The molecular weight excluding hydrogens is 202 g/mol. The third-order valence-electron chi connectivity index (χ3n) is 2.73. The van der Waals surface area contributed by atoms with Crippen molar-refractivity contribution in [3.05, 3.63) is 18.2 Å². The van der Waals surface area contributed by atoms with Crippen LogP contribution < -0.4 is 11.3 Å². The van der Waals surface area contributed by atoms with Crippen molar-refractivity contribution < 1.29 is 0 Å². The summed E-state index contributed by atoms with van der Waals surface area (Å²) in [6.07, 6.45) is 5.76. The maximum Gasteiger partial charge on any atom is 0.110 e. The van der Waals surface area contributed by atoms with Crippen LogP contribution in [0.4, 0.5) is 0 Å². The van der Waals surface area contributed by atoms with Gasteiger partial charge in [-0.25, -0.2) is 4.98 Å². The fourth-order valence-corrected chi connectivity index (χ4v) is 1.70. The first-order chi connectivity index (χ1) is 7.67. The lowest BCUT2D eigenvalue weighted by Gasteiger charge is -2.18. The predicted molar refractivity (Wildman–Crippen MR) is 65.9 cm³/mol. The quantitative estimate of drug-likeness (QED) is 0.515. The van der Waals surface area contributed by atoms with E-state index in [-0.39, 0.29) is 6.04 Å². The van der Waals surface area contributed by atoms with Crippen LogP contribution in [0, 0.1) is 0 Å². The second-order valence-electron chi connectivity index (χ2n) is 4.29. The molecule has 0 fully saturated rings. The van der Waals surface area contributed by atoms with E-state index in [9.17, 15) is 0 Å². The largest absolute Gasteiger partial charge is 0.335 e. The normalized spacial score (nSPS) is 13.3. The Bertz CT molecular complexity index is 294. The van der Waals surface area contributed by atoms with Crippen LogP contribution in [-0.2, 0) is 13.0 Å². The van der Waals surface area contributed by atoms with Crippen molar-refractivity contribution in [1.82, 2.24) is 19.9 Å². The van der Waals surface area contributed by atoms with Crippen molar-refractivity contribution in [2.45, 2.75) is 32.4 Å². The molecule has 5 heteroatoms. The predicted octanol–water partition coefficient (Wildman–Crippen LogP) is 0.229. The summed E-state index contributed by atoms with van der Waals surface area (Å²) in [5.74, 6) is 6.66. The molecule has 0 saturated carbocycles. The fourth-order valence-electron chi connectivity index (χ4n) is 1.70. The Labute approximate surface area is 97.6 Å². The van der Waals surface area contributed by atoms with Crippen molar-refractivity contribution in [3.8, 4) is 0 Å². The number of hydrazine groups is 1. The number of nitrogens with zero attached hydrogens (tertiary/aromatic N) is 3. The Morgan fingerprint density at radius 1 is 1.56 bits per heavy atom. The van der Waals surface area contributed by atoms with Gasteiger partial charge in [-0.1, -0.05) is 0 Å². The summed E-state index contributed by atoms with van der Waals surface area (Å²) in [5, 5.41) is 0. The van der Waals surface area contributed by atoms with Crippen LogP contribution in [-0.4, -0.2) is 41.1 Å². The number of hydrogen-bond donors (Lipinski definition) is 2. The highest BCUT2D eigenvalue weighted by Crippen LogP contribution is 2.04. The smallest absolute Gasteiger partial charge is 0.110 e. The fraction of sp³-hybridized carbons (Fsp3) is 0.727. The highest BCUT2D eigenvalue weighted by Gasteiger charge is 2.11. The first-order valence-electron chi connectivity index (χ1n) is 5.78. The van der Waals surface area contributed by atoms with E-state index < -0.39 is 0 Å². The highest BCUT2D eigenvalue weighted by molar-refractivity contribution is 4.95. The van der Waals surface area contributed by atoms with Crippen LogP contribution in [0.15, 0.2) is 12.4 Å². The molecule has 3 N–H and O–H groups in total. The van der Waals surface area contributed by atoms with Crippen molar-refractivity contribution >= 4 is 0 Å². The summed E-state index contributed by atoms with van der Waals surface area (Å²) < 4.78 is 2.15. The summed E-state index contributed by atoms with van der Waals surface area (Å²) in [4.78, 5) is 6.52. The lowest BCUT2D eigenvalue weighted by Crippen LogP contribution is -2.39. The maximum atomic E-state index is 5.56. The van der Waals surface area contributed by atoms with Gasteiger partial charge in [0.05, 0.1) is 0 Å². The number of hydrogen-bond acceptors (Lipinski definition) is 4. The number of nitrogens with one attached hydrogen (secondary N) is 1. The molecule has 1 atom stereocenters. The minimum absolute atomic E-state index is 0.287. The molecular formula is C11H23N5. The van der Waals surface area contributed by atoms with E-state index in [0.29, 0.717) is 0 Å². The second-order valence-corrected chi connectivity index (χ2v) is 4.29. The Hall–Kier alpha value is -0.910. The van der Waals surface area contributed by atoms with E-state index in [2.05, 4.69) is 40.9 Å². The zero-order valence-corrected chi connectivity index (χ0v) is 10.5. The van der Waals surface area contributed by atoms with Crippen LogP contribution in [0.3, 0.4) is 0 Å². The highest BCUT2D eigenvalue weighted by atomic mass is 15.2. The topological polar surface area (TPSA) is 59.1 Å². The van der Waals surface area contributed by atoms with Crippen molar-refractivity contribution in [2.75, 3.05) is 20.6 Å². The summed E-state index contributed by atoms with van der Waals surface area (Å²) in [7, 11) is 4.14. The van der Waals surface area contributed by atoms with Crippen LogP contribution >= 0.6 is 0 Å². The monoisotopic (exact) mass is 225 g/mol. The molecule has 0 aromatic carbocycles. The minimum Gasteiger partial charge on any atom is -0.335 e. The number of imidazole rings is 1. The molecule has 1 aromatic rings. The Morgan fingerprint density at radius 3 is 2.88 bits per heavy atom. The molecule has 5 nitrogen and oxygen atoms in total. The Kier molecular flexibility index (Phi) is 5.45. The average Bonchev–Trinajstić information content (AvgIpc) is 2.70. The number of nitrogens with two attached hydrogens (primary N) is 1. The Morgan fingerprint density at radius 2 is 2.31 bits per heavy atom. The van der Waals surface area contributed by atoms with E-state index in [1.54, 1.807) is 0 Å². The molecule has 0 aliphatic rings. The van der Waals surface area contributed by atoms with Gasteiger partial charge < -0.3 is 9.47 Å². The van der Waals surface area contributed by atoms with E-state index >= 15 is 0 Å². The first kappa shape index (κ1) is 13.2. The third-order valence-corrected chi connectivity index (χ3v) is 2.73. The number of aryl methyl sites for hydroxylation is 1. The van der Waals surface area contributed by atoms with E-state index in [0.717, 1.165) is 31.8 Å². The van der Waals surface area contributed by atoms with Gasteiger partial charge in [0.2, 0.25) is 0 Å². The van der Waals surface area contributed by atoms with Gasteiger partial charge in [-0.2, -0.15) is 0 Å². The summed E-state index contributed by atoms with van der Waals surface area (Å²) >= 11 is 0. The van der Waals surface area contributed by atoms with Gasteiger partial charge in [-0.05, 0) is 34.0 Å². The molecule has 16 heavy (non-hydrogen) atoms. The molecule has 92 valence electrons. The molecule has 0 aliphatic carbocycles. The maximum absolute atomic E-state index is 5.56. The molecule has 0 spiro atoms. The van der Waals surface area contributed by atoms with Gasteiger partial charge in [-0.3, -0.25) is 11.3 Å². The van der Waals surface area contributed by atoms with E-state index in [4.69, 9.17) is 5.84 Å². The molecule has 1 rings (SSSR count). The molecule has 0 saturated heterocycles. The van der Waals surface area contributed by atoms with Crippen LogP contribution in [0.25, 0.3) is 0 Å². The lowest BCUT2D eigenvalue weighted by molar-refractivity contribution is 0.354. The third kappa shape index (κ3) is 3.92. The van der Waals surface area contributed by atoms with Crippen LogP contribution in [0.5, 0.6) is 0 Å². The van der Waals surface area contributed by atoms with Gasteiger partial charge in [0.15, 0.2) is 0 Å². The zero-order chi connectivity index (χ0) is 12.0. The molecule has 1 aromatic heterocycles. The van der Waals surface area contributed by atoms with Crippen molar-refractivity contribution in [2.24, 2.45) is 5.84 Å². The van der Waals surface area contributed by atoms with E-state index in [1.165, 1.54) is 0 Å². The van der Waals surface area contributed by atoms with Gasteiger partial charge in [0, 0.05) is 31.4 Å². The van der Waals surface area contributed by atoms with Gasteiger partial charge >= 0.3 is 0 Å². The standard InChI is InChI=1S/C11H23N5/c1-4-16-8-6-13-11(16)9-10(14-12)5-7-15(2)3/h6,8,10,14H,4-5,7,9,12H2,1-3H3. The lowest BCUT2D eigenvalue weighted by atomic mass is 10.1. The molecule has 0 radical (unpaired) electrons. The van der Waals surface area contributed by atoms with Crippen LogP contribution in [0.1, 0.15) is 19.2 Å².